The predicted molar refractivity (Wildman–Crippen MR) is 53.7 cm³/mol. The molecule has 14 heavy (non-hydrogen) atoms. The number of aromatic nitrogens is 3. The Morgan fingerprint density at radius 1 is 1.29 bits per heavy atom. The molecular weight excluding hydrogens is 180 g/mol. The Balaban J connectivity index is 3.15. The van der Waals surface area contributed by atoms with Crippen molar-refractivity contribution in [1.82, 2.24) is 15.0 Å². The fourth-order valence-corrected chi connectivity index (χ4v) is 0.957. The van der Waals surface area contributed by atoms with Gasteiger partial charge in [-0.05, 0) is 13.8 Å². The summed E-state index contributed by atoms with van der Waals surface area (Å²) in [6, 6.07) is 0. The number of anilines is 1. The van der Waals surface area contributed by atoms with E-state index in [4.69, 9.17) is 10.5 Å². The molecule has 5 heteroatoms. The van der Waals surface area contributed by atoms with Crippen LogP contribution < -0.4 is 5.73 Å². The van der Waals surface area contributed by atoms with Gasteiger partial charge in [0.25, 0.3) is 0 Å². The zero-order valence-corrected chi connectivity index (χ0v) is 9.03. The number of nitrogens with two attached hydrogens (primary N) is 1. The molecule has 1 aromatic heterocycles. The summed E-state index contributed by atoms with van der Waals surface area (Å²) in [5, 5.41) is 0. The van der Waals surface area contributed by atoms with E-state index in [2.05, 4.69) is 15.0 Å². The van der Waals surface area contributed by atoms with Crippen LogP contribution in [-0.4, -0.2) is 22.1 Å². The van der Waals surface area contributed by atoms with Crippen LogP contribution in [0.4, 0.5) is 5.95 Å². The summed E-state index contributed by atoms with van der Waals surface area (Å²) in [6.45, 7) is 5.75. The van der Waals surface area contributed by atoms with Gasteiger partial charge in [0, 0.05) is 13.5 Å². The Labute approximate surface area is 83.7 Å². The molecule has 0 saturated carbocycles. The Morgan fingerprint density at radius 2 is 1.93 bits per heavy atom. The standard InChI is InChI=1S/C9H16N4O/c1-5-6-11-7(9(2,3)14-4)13-8(10)12-6/h5H2,1-4H3,(H2,10,11,12,13). The smallest absolute Gasteiger partial charge is 0.223 e. The van der Waals surface area contributed by atoms with E-state index in [9.17, 15) is 0 Å². The lowest BCUT2D eigenvalue weighted by Gasteiger charge is -2.21. The first kappa shape index (κ1) is 10.8. The molecule has 0 atom stereocenters. The minimum absolute atomic E-state index is 0.247. The van der Waals surface area contributed by atoms with E-state index < -0.39 is 5.60 Å². The van der Waals surface area contributed by atoms with Crippen LogP contribution >= 0.6 is 0 Å². The first-order valence-corrected chi connectivity index (χ1v) is 4.55. The number of rotatable bonds is 3. The molecule has 1 aromatic rings. The van der Waals surface area contributed by atoms with Gasteiger partial charge >= 0.3 is 0 Å². The molecule has 5 nitrogen and oxygen atoms in total. The number of nitrogen functional groups attached to an aromatic ring is 1. The normalized spacial score (nSPS) is 11.7. The SMILES string of the molecule is CCc1nc(N)nc(C(C)(C)OC)n1. The zero-order chi connectivity index (χ0) is 10.8. The van der Waals surface area contributed by atoms with Crippen LogP contribution in [0.5, 0.6) is 0 Å². The number of hydrogen-bond donors (Lipinski definition) is 1. The molecule has 0 radical (unpaired) electrons. The molecular formula is C9H16N4O. The lowest BCUT2D eigenvalue weighted by atomic mass is 10.1. The molecule has 0 saturated heterocycles. The van der Waals surface area contributed by atoms with Gasteiger partial charge in [0.15, 0.2) is 5.82 Å². The summed E-state index contributed by atoms with van der Waals surface area (Å²) < 4.78 is 5.27. The van der Waals surface area contributed by atoms with E-state index in [1.165, 1.54) is 0 Å². The third-order valence-corrected chi connectivity index (χ3v) is 2.06. The van der Waals surface area contributed by atoms with E-state index in [0.717, 1.165) is 6.42 Å². The Bertz CT molecular complexity index is 325. The third-order valence-electron chi connectivity index (χ3n) is 2.06. The molecule has 2 N–H and O–H groups in total. The van der Waals surface area contributed by atoms with E-state index in [0.29, 0.717) is 11.6 Å². The summed E-state index contributed by atoms with van der Waals surface area (Å²) in [7, 11) is 1.62. The van der Waals surface area contributed by atoms with Gasteiger partial charge in [0.1, 0.15) is 11.4 Å². The predicted octanol–water partition coefficient (Wildman–Crippen LogP) is 0.898. The second-order valence-electron chi connectivity index (χ2n) is 3.50. The number of hydrogen-bond acceptors (Lipinski definition) is 5. The van der Waals surface area contributed by atoms with Gasteiger partial charge in [0.2, 0.25) is 5.95 Å². The van der Waals surface area contributed by atoms with Crippen molar-refractivity contribution in [2.75, 3.05) is 12.8 Å². The van der Waals surface area contributed by atoms with Gasteiger partial charge < -0.3 is 10.5 Å². The van der Waals surface area contributed by atoms with Crippen molar-refractivity contribution in [3.05, 3.63) is 11.6 Å². The highest BCUT2D eigenvalue weighted by Gasteiger charge is 2.24. The molecule has 0 unspecified atom stereocenters. The first-order chi connectivity index (χ1) is 6.49. The van der Waals surface area contributed by atoms with Crippen LogP contribution in [0.25, 0.3) is 0 Å². The Kier molecular flexibility index (Phi) is 3.00. The maximum absolute atomic E-state index is 5.57. The quantitative estimate of drug-likeness (QED) is 0.777. The van der Waals surface area contributed by atoms with E-state index in [1.807, 2.05) is 20.8 Å². The summed E-state index contributed by atoms with van der Waals surface area (Å²) in [5.41, 5.74) is 5.04. The lowest BCUT2D eigenvalue weighted by Crippen LogP contribution is -2.24. The van der Waals surface area contributed by atoms with Crippen molar-refractivity contribution in [2.24, 2.45) is 0 Å². The molecule has 0 spiro atoms. The Hall–Kier alpha value is -1.23. The van der Waals surface area contributed by atoms with Crippen LogP contribution in [0, 0.1) is 0 Å². The maximum Gasteiger partial charge on any atom is 0.223 e. The summed E-state index contributed by atoms with van der Waals surface area (Å²) in [4.78, 5) is 12.3. The van der Waals surface area contributed by atoms with Crippen molar-refractivity contribution in [2.45, 2.75) is 32.8 Å². The van der Waals surface area contributed by atoms with Crippen molar-refractivity contribution in [1.29, 1.82) is 0 Å². The molecule has 1 rings (SSSR count). The van der Waals surface area contributed by atoms with Gasteiger partial charge in [-0.1, -0.05) is 6.92 Å². The molecule has 0 aliphatic rings. The van der Waals surface area contributed by atoms with Crippen molar-refractivity contribution in [3.63, 3.8) is 0 Å². The average Bonchev–Trinajstić information content (AvgIpc) is 2.16. The number of nitrogens with zero attached hydrogens (tertiary/aromatic N) is 3. The number of ether oxygens (including phenoxy) is 1. The van der Waals surface area contributed by atoms with E-state index in [-0.39, 0.29) is 5.95 Å². The van der Waals surface area contributed by atoms with Gasteiger partial charge in [-0.3, -0.25) is 0 Å². The van der Waals surface area contributed by atoms with Gasteiger partial charge in [-0.25, -0.2) is 4.98 Å². The highest BCUT2D eigenvalue weighted by molar-refractivity contribution is 5.18. The molecule has 1 heterocycles. The molecule has 0 fully saturated rings. The van der Waals surface area contributed by atoms with Crippen LogP contribution in [0.15, 0.2) is 0 Å². The highest BCUT2D eigenvalue weighted by atomic mass is 16.5. The highest BCUT2D eigenvalue weighted by Crippen LogP contribution is 2.20. The molecule has 0 aliphatic carbocycles. The minimum Gasteiger partial charge on any atom is -0.371 e. The van der Waals surface area contributed by atoms with Crippen molar-refractivity contribution >= 4 is 5.95 Å². The minimum atomic E-state index is -0.527. The van der Waals surface area contributed by atoms with Crippen LogP contribution in [0.3, 0.4) is 0 Å². The number of aryl methyl sites for hydroxylation is 1. The average molecular weight is 196 g/mol. The van der Waals surface area contributed by atoms with Gasteiger partial charge in [-0.2, -0.15) is 9.97 Å². The van der Waals surface area contributed by atoms with E-state index in [1.54, 1.807) is 7.11 Å². The topological polar surface area (TPSA) is 73.9 Å². The van der Waals surface area contributed by atoms with Crippen LogP contribution in [-0.2, 0) is 16.8 Å². The van der Waals surface area contributed by atoms with Crippen LogP contribution in [0.2, 0.25) is 0 Å². The molecule has 78 valence electrons. The molecule has 0 bridgehead atoms. The van der Waals surface area contributed by atoms with Gasteiger partial charge in [-0.15, -0.1) is 0 Å². The van der Waals surface area contributed by atoms with E-state index >= 15 is 0 Å². The zero-order valence-electron chi connectivity index (χ0n) is 9.03. The summed E-state index contributed by atoms with van der Waals surface area (Å²) in [6.07, 6.45) is 0.736. The second kappa shape index (κ2) is 3.88. The largest absolute Gasteiger partial charge is 0.371 e. The Morgan fingerprint density at radius 3 is 2.43 bits per heavy atom. The van der Waals surface area contributed by atoms with Crippen molar-refractivity contribution in [3.8, 4) is 0 Å². The molecule has 0 amide bonds. The molecule has 0 aliphatic heterocycles. The summed E-state index contributed by atoms with van der Waals surface area (Å²) in [5.74, 6) is 1.51. The lowest BCUT2D eigenvalue weighted by molar-refractivity contribution is 0.0112. The first-order valence-electron chi connectivity index (χ1n) is 4.55. The van der Waals surface area contributed by atoms with Crippen molar-refractivity contribution < 1.29 is 4.74 Å². The monoisotopic (exact) mass is 196 g/mol. The van der Waals surface area contributed by atoms with Gasteiger partial charge in [0.05, 0.1) is 0 Å². The summed E-state index contributed by atoms with van der Waals surface area (Å²) >= 11 is 0. The van der Waals surface area contributed by atoms with Crippen LogP contribution in [0.1, 0.15) is 32.4 Å². The second-order valence-corrected chi connectivity index (χ2v) is 3.50. The fraction of sp³-hybridized carbons (Fsp3) is 0.667. The third kappa shape index (κ3) is 2.17. The fourth-order valence-electron chi connectivity index (χ4n) is 0.957. The maximum atomic E-state index is 5.57. The number of methoxy groups -OCH3 is 1. The molecule has 0 aromatic carbocycles.